The molecule has 2 aromatic rings. The molecule has 7 nitrogen and oxygen atoms in total. The van der Waals surface area contributed by atoms with Crippen LogP contribution in [0.1, 0.15) is 37.9 Å². The molecule has 0 aliphatic carbocycles. The van der Waals surface area contributed by atoms with Crippen molar-refractivity contribution in [2.24, 2.45) is 5.92 Å². The van der Waals surface area contributed by atoms with Crippen LogP contribution in [-0.4, -0.2) is 35.8 Å². The van der Waals surface area contributed by atoms with Crippen molar-refractivity contribution in [1.82, 2.24) is 9.97 Å². The Bertz CT molecular complexity index is 825. The smallest absolute Gasteiger partial charge is 0.415 e. The van der Waals surface area contributed by atoms with E-state index in [-0.39, 0.29) is 24.1 Å². The van der Waals surface area contributed by atoms with E-state index in [0.29, 0.717) is 18.4 Å². The maximum Gasteiger partial charge on any atom is 0.415 e. The quantitative estimate of drug-likeness (QED) is 0.830. The van der Waals surface area contributed by atoms with Crippen molar-refractivity contribution in [3.8, 4) is 5.75 Å². The molecule has 2 heterocycles. The fraction of sp³-hybridized carbons (Fsp3) is 0.450. The second-order valence-corrected chi connectivity index (χ2v) is 7.10. The fourth-order valence-electron chi connectivity index (χ4n) is 3.10. The average Bonchev–Trinajstić information content (AvgIpc) is 3.05. The summed E-state index contributed by atoms with van der Waals surface area (Å²) in [6.45, 7) is 8.44. The summed E-state index contributed by atoms with van der Waals surface area (Å²) in [5.74, 6) is 2.11. The van der Waals surface area contributed by atoms with Gasteiger partial charge in [-0.15, -0.1) is 0 Å². The monoisotopic (exact) mass is 370 g/mol. The van der Waals surface area contributed by atoms with Gasteiger partial charge in [0.25, 0.3) is 0 Å². The number of carbonyl (C=O) groups excluding carboxylic acids is 1. The van der Waals surface area contributed by atoms with Crippen molar-refractivity contribution in [2.45, 2.75) is 39.8 Å². The van der Waals surface area contributed by atoms with Crippen LogP contribution in [0.25, 0.3) is 0 Å². The van der Waals surface area contributed by atoms with Gasteiger partial charge in [0.2, 0.25) is 5.95 Å². The van der Waals surface area contributed by atoms with Gasteiger partial charge in [-0.2, -0.15) is 4.98 Å². The lowest BCUT2D eigenvalue weighted by atomic mass is 10.0. The molecule has 1 N–H and O–H groups in total. The number of aromatic nitrogens is 2. The van der Waals surface area contributed by atoms with Crippen LogP contribution in [0.5, 0.6) is 5.75 Å². The Kier molecular flexibility index (Phi) is 5.48. The SMILES string of the molecule is COc1cccc(C(C)Nc2ncc(C)c(N3C(=O)OCC3C(C)C)n2)c1. The minimum atomic E-state index is -0.359. The zero-order valence-corrected chi connectivity index (χ0v) is 16.4. The molecule has 1 aliphatic heterocycles. The molecule has 0 radical (unpaired) electrons. The highest BCUT2D eigenvalue weighted by atomic mass is 16.6. The lowest BCUT2D eigenvalue weighted by Gasteiger charge is -2.25. The maximum absolute atomic E-state index is 12.3. The van der Waals surface area contributed by atoms with Gasteiger partial charge in [0.05, 0.1) is 19.2 Å². The summed E-state index contributed by atoms with van der Waals surface area (Å²) < 4.78 is 10.5. The second-order valence-electron chi connectivity index (χ2n) is 7.10. The van der Waals surface area contributed by atoms with E-state index in [9.17, 15) is 4.79 Å². The molecule has 7 heteroatoms. The summed E-state index contributed by atoms with van der Waals surface area (Å²) in [5.41, 5.74) is 1.89. The summed E-state index contributed by atoms with van der Waals surface area (Å²) in [4.78, 5) is 22.9. The van der Waals surface area contributed by atoms with Crippen LogP contribution in [0.3, 0.4) is 0 Å². The first-order valence-electron chi connectivity index (χ1n) is 9.10. The standard InChI is InChI=1S/C20H26N4O3/c1-12(2)17-11-27-20(25)24(17)18-13(3)10-21-19(23-18)22-14(4)15-7-6-8-16(9-15)26-5/h6-10,12,14,17H,11H2,1-5H3,(H,21,22,23). The van der Waals surface area contributed by atoms with Crippen LogP contribution in [0, 0.1) is 12.8 Å². The zero-order chi connectivity index (χ0) is 19.6. The van der Waals surface area contributed by atoms with E-state index < -0.39 is 0 Å². The van der Waals surface area contributed by atoms with E-state index in [0.717, 1.165) is 16.9 Å². The number of nitrogens with zero attached hydrogens (tertiary/aromatic N) is 3. The second kappa shape index (κ2) is 7.82. The summed E-state index contributed by atoms with van der Waals surface area (Å²) >= 11 is 0. The van der Waals surface area contributed by atoms with Gasteiger partial charge in [0, 0.05) is 11.8 Å². The number of amides is 1. The van der Waals surface area contributed by atoms with Crippen molar-refractivity contribution in [2.75, 3.05) is 23.9 Å². The van der Waals surface area contributed by atoms with E-state index in [1.165, 1.54) is 0 Å². The Hall–Kier alpha value is -2.83. The highest BCUT2D eigenvalue weighted by Gasteiger charge is 2.38. The number of cyclic esters (lactones) is 1. The first-order valence-corrected chi connectivity index (χ1v) is 9.10. The molecule has 144 valence electrons. The first-order chi connectivity index (χ1) is 12.9. The third kappa shape index (κ3) is 3.97. The number of anilines is 2. The van der Waals surface area contributed by atoms with Crippen LogP contribution in [0.2, 0.25) is 0 Å². The fourth-order valence-corrected chi connectivity index (χ4v) is 3.10. The van der Waals surface area contributed by atoms with Crippen LogP contribution in [-0.2, 0) is 4.74 Å². The minimum absolute atomic E-state index is 0.0259. The molecule has 0 saturated carbocycles. The van der Waals surface area contributed by atoms with Gasteiger partial charge in [-0.3, -0.25) is 4.90 Å². The topological polar surface area (TPSA) is 76.6 Å². The molecular weight excluding hydrogens is 344 g/mol. The van der Waals surface area contributed by atoms with E-state index in [2.05, 4.69) is 29.1 Å². The van der Waals surface area contributed by atoms with Crippen molar-refractivity contribution >= 4 is 17.9 Å². The maximum atomic E-state index is 12.3. The lowest BCUT2D eigenvalue weighted by Crippen LogP contribution is -2.38. The summed E-state index contributed by atoms with van der Waals surface area (Å²) in [6, 6.07) is 7.78. The Morgan fingerprint density at radius 2 is 2.11 bits per heavy atom. The number of rotatable bonds is 6. The third-order valence-corrected chi connectivity index (χ3v) is 4.79. The Morgan fingerprint density at radius 1 is 1.33 bits per heavy atom. The van der Waals surface area contributed by atoms with E-state index >= 15 is 0 Å². The Morgan fingerprint density at radius 3 is 2.81 bits per heavy atom. The predicted octanol–water partition coefficient (Wildman–Crippen LogP) is 3.95. The average molecular weight is 370 g/mol. The van der Waals surface area contributed by atoms with Crippen molar-refractivity contribution < 1.29 is 14.3 Å². The molecule has 1 amide bonds. The minimum Gasteiger partial charge on any atom is -0.497 e. The van der Waals surface area contributed by atoms with Gasteiger partial charge in [-0.05, 0) is 37.5 Å². The zero-order valence-electron chi connectivity index (χ0n) is 16.4. The van der Waals surface area contributed by atoms with Gasteiger partial charge in [0.15, 0.2) is 0 Å². The van der Waals surface area contributed by atoms with Gasteiger partial charge in [-0.1, -0.05) is 26.0 Å². The number of benzene rings is 1. The van der Waals surface area contributed by atoms with E-state index in [1.54, 1.807) is 18.2 Å². The first kappa shape index (κ1) is 18.9. The lowest BCUT2D eigenvalue weighted by molar-refractivity contribution is 0.177. The summed E-state index contributed by atoms with van der Waals surface area (Å²) in [7, 11) is 1.65. The number of hydrogen-bond acceptors (Lipinski definition) is 6. The van der Waals surface area contributed by atoms with E-state index in [1.807, 2.05) is 38.1 Å². The molecule has 1 aromatic carbocycles. The van der Waals surface area contributed by atoms with Crippen molar-refractivity contribution in [3.05, 3.63) is 41.6 Å². The predicted molar refractivity (Wildman–Crippen MR) is 104 cm³/mol. The van der Waals surface area contributed by atoms with Crippen LogP contribution >= 0.6 is 0 Å². The molecule has 0 bridgehead atoms. The van der Waals surface area contributed by atoms with Gasteiger partial charge < -0.3 is 14.8 Å². The molecule has 1 saturated heterocycles. The van der Waals surface area contributed by atoms with Crippen LogP contribution in [0.15, 0.2) is 30.5 Å². The van der Waals surface area contributed by atoms with Gasteiger partial charge in [0.1, 0.15) is 18.2 Å². The van der Waals surface area contributed by atoms with Crippen molar-refractivity contribution in [3.63, 3.8) is 0 Å². The molecule has 2 atom stereocenters. The number of carbonyl (C=O) groups is 1. The molecular formula is C20H26N4O3. The highest BCUT2D eigenvalue weighted by Crippen LogP contribution is 2.29. The number of methoxy groups -OCH3 is 1. The van der Waals surface area contributed by atoms with Crippen LogP contribution in [0.4, 0.5) is 16.6 Å². The molecule has 0 spiro atoms. The number of hydrogen-bond donors (Lipinski definition) is 1. The number of nitrogens with one attached hydrogen (secondary N) is 1. The molecule has 1 fully saturated rings. The molecule has 2 unspecified atom stereocenters. The summed E-state index contributed by atoms with van der Waals surface area (Å²) in [5, 5.41) is 3.30. The van der Waals surface area contributed by atoms with Crippen LogP contribution < -0.4 is 15.0 Å². The third-order valence-electron chi connectivity index (χ3n) is 4.79. The molecule has 27 heavy (non-hydrogen) atoms. The molecule has 1 aliphatic rings. The van der Waals surface area contributed by atoms with Crippen molar-refractivity contribution in [1.29, 1.82) is 0 Å². The molecule has 3 rings (SSSR count). The largest absolute Gasteiger partial charge is 0.497 e. The Balaban J connectivity index is 1.85. The highest BCUT2D eigenvalue weighted by molar-refractivity contribution is 5.90. The van der Waals surface area contributed by atoms with Gasteiger partial charge >= 0.3 is 6.09 Å². The Labute approximate surface area is 159 Å². The molecule has 1 aromatic heterocycles. The van der Waals surface area contributed by atoms with Gasteiger partial charge in [-0.25, -0.2) is 9.78 Å². The van der Waals surface area contributed by atoms with E-state index in [4.69, 9.17) is 9.47 Å². The summed E-state index contributed by atoms with van der Waals surface area (Å²) in [6.07, 6.45) is 1.37. The normalized spacial score (nSPS) is 17.8. The number of aryl methyl sites for hydroxylation is 1. The number of ether oxygens (including phenoxy) is 2.